The lowest BCUT2D eigenvalue weighted by atomic mass is 10.1. The van der Waals surface area contributed by atoms with E-state index in [9.17, 15) is 5.11 Å². The van der Waals surface area contributed by atoms with Crippen LogP contribution in [0.3, 0.4) is 0 Å². The van der Waals surface area contributed by atoms with Gasteiger partial charge >= 0.3 is 0 Å². The Morgan fingerprint density at radius 1 is 1.15 bits per heavy atom. The molecule has 2 heterocycles. The number of methoxy groups -OCH3 is 1. The summed E-state index contributed by atoms with van der Waals surface area (Å²) in [6.45, 7) is 1.88. The lowest BCUT2D eigenvalue weighted by Crippen LogP contribution is -2.16. The molecule has 0 aliphatic heterocycles. The number of ether oxygens (including phenoxy) is 1. The molecule has 2 aromatic carbocycles. The van der Waals surface area contributed by atoms with Crippen LogP contribution >= 0.6 is 0 Å². The summed E-state index contributed by atoms with van der Waals surface area (Å²) in [4.78, 5) is 4.73. The molecule has 6 heteroatoms. The average Bonchev–Trinajstić information content (AvgIpc) is 3.06. The standard InChI is InChI=1S/C20H20N4O2/c1-13-10-19-22-20(16-8-3-4-9-18(16)24(19)23-13)21-17(12-25)14-6-5-7-15(11-14)26-2/h3-11,17,25H,12H2,1-2H3,(H,21,22). The summed E-state index contributed by atoms with van der Waals surface area (Å²) in [5, 5.41) is 18.8. The third kappa shape index (κ3) is 2.84. The Balaban J connectivity index is 1.81. The summed E-state index contributed by atoms with van der Waals surface area (Å²) in [6, 6.07) is 17.3. The van der Waals surface area contributed by atoms with Crippen molar-refractivity contribution in [2.45, 2.75) is 13.0 Å². The molecule has 26 heavy (non-hydrogen) atoms. The molecule has 0 saturated carbocycles. The van der Waals surface area contributed by atoms with Crippen LogP contribution in [-0.4, -0.2) is 33.4 Å². The fourth-order valence-electron chi connectivity index (χ4n) is 3.14. The summed E-state index contributed by atoms with van der Waals surface area (Å²) in [7, 11) is 1.63. The summed E-state index contributed by atoms with van der Waals surface area (Å²) in [5.74, 6) is 1.47. The van der Waals surface area contributed by atoms with E-state index in [1.807, 2.05) is 66.0 Å². The topological polar surface area (TPSA) is 71.7 Å². The zero-order valence-electron chi connectivity index (χ0n) is 14.7. The van der Waals surface area contributed by atoms with Crippen LogP contribution in [0.15, 0.2) is 54.6 Å². The number of aliphatic hydroxyl groups is 1. The Hall–Kier alpha value is -3.12. The van der Waals surface area contributed by atoms with E-state index in [0.29, 0.717) is 0 Å². The highest BCUT2D eigenvalue weighted by Crippen LogP contribution is 2.28. The smallest absolute Gasteiger partial charge is 0.158 e. The minimum absolute atomic E-state index is 0.0629. The summed E-state index contributed by atoms with van der Waals surface area (Å²) in [5.41, 5.74) is 3.58. The Labute approximate surface area is 151 Å². The van der Waals surface area contributed by atoms with Crippen molar-refractivity contribution in [2.75, 3.05) is 19.0 Å². The Morgan fingerprint density at radius 2 is 2.00 bits per heavy atom. The quantitative estimate of drug-likeness (QED) is 0.579. The number of hydrogen-bond acceptors (Lipinski definition) is 5. The lowest BCUT2D eigenvalue weighted by Gasteiger charge is -2.19. The molecule has 0 amide bonds. The van der Waals surface area contributed by atoms with Gasteiger partial charge in [-0.05, 0) is 36.8 Å². The first kappa shape index (κ1) is 16.4. The molecule has 4 rings (SSSR count). The van der Waals surface area contributed by atoms with Crippen molar-refractivity contribution in [1.82, 2.24) is 14.6 Å². The van der Waals surface area contributed by atoms with Gasteiger partial charge < -0.3 is 15.2 Å². The molecule has 0 aliphatic carbocycles. The minimum atomic E-state index is -0.299. The number of aliphatic hydroxyl groups excluding tert-OH is 1. The predicted molar refractivity (Wildman–Crippen MR) is 102 cm³/mol. The number of nitrogens with one attached hydrogen (secondary N) is 1. The second-order valence-electron chi connectivity index (χ2n) is 6.19. The van der Waals surface area contributed by atoms with E-state index in [4.69, 9.17) is 9.72 Å². The van der Waals surface area contributed by atoms with E-state index in [1.54, 1.807) is 7.11 Å². The first-order valence-corrected chi connectivity index (χ1v) is 8.46. The van der Waals surface area contributed by atoms with Crippen molar-refractivity contribution in [1.29, 1.82) is 0 Å². The number of hydrogen-bond donors (Lipinski definition) is 2. The molecular weight excluding hydrogens is 328 g/mol. The van der Waals surface area contributed by atoms with Crippen molar-refractivity contribution < 1.29 is 9.84 Å². The molecule has 2 N–H and O–H groups in total. The maximum atomic E-state index is 9.95. The maximum Gasteiger partial charge on any atom is 0.158 e. The molecular formula is C20H20N4O2. The van der Waals surface area contributed by atoms with Gasteiger partial charge in [-0.1, -0.05) is 24.3 Å². The lowest BCUT2D eigenvalue weighted by molar-refractivity contribution is 0.276. The number of para-hydroxylation sites is 1. The SMILES string of the molecule is COc1cccc(C(CO)Nc2nc3cc(C)nn3c3ccccc23)c1. The molecule has 0 spiro atoms. The van der Waals surface area contributed by atoms with E-state index in [-0.39, 0.29) is 12.6 Å². The zero-order chi connectivity index (χ0) is 18.1. The van der Waals surface area contributed by atoms with Crippen LogP contribution in [0.1, 0.15) is 17.3 Å². The summed E-state index contributed by atoms with van der Waals surface area (Å²) in [6.07, 6.45) is 0. The number of aromatic nitrogens is 3. The van der Waals surface area contributed by atoms with Gasteiger partial charge in [0.1, 0.15) is 11.6 Å². The first-order valence-electron chi connectivity index (χ1n) is 8.46. The minimum Gasteiger partial charge on any atom is -0.497 e. The van der Waals surface area contributed by atoms with Gasteiger partial charge in [-0.15, -0.1) is 0 Å². The van der Waals surface area contributed by atoms with E-state index in [1.165, 1.54) is 0 Å². The highest BCUT2D eigenvalue weighted by molar-refractivity contribution is 5.91. The molecule has 0 radical (unpaired) electrons. The number of fused-ring (bicyclic) bond motifs is 3. The van der Waals surface area contributed by atoms with Crippen LogP contribution in [0.2, 0.25) is 0 Å². The highest BCUT2D eigenvalue weighted by atomic mass is 16.5. The van der Waals surface area contributed by atoms with Gasteiger partial charge in [-0.3, -0.25) is 0 Å². The number of aryl methyl sites for hydroxylation is 1. The summed E-state index contributed by atoms with van der Waals surface area (Å²) < 4.78 is 7.14. The van der Waals surface area contributed by atoms with E-state index in [0.717, 1.165) is 39.4 Å². The first-order chi connectivity index (χ1) is 12.7. The average molecular weight is 348 g/mol. The zero-order valence-corrected chi connectivity index (χ0v) is 14.7. The molecule has 6 nitrogen and oxygen atoms in total. The normalized spacial score (nSPS) is 12.4. The number of anilines is 1. The molecule has 4 aromatic rings. The van der Waals surface area contributed by atoms with Gasteiger partial charge in [0.05, 0.1) is 31.0 Å². The van der Waals surface area contributed by atoms with Crippen LogP contribution in [-0.2, 0) is 0 Å². The highest BCUT2D eigenvalue weighted by Gasteiger charge is 2.16. The van der Waals surface area contributed by atoms with Crippen LogP contribution in [0.25, 0.3) is 16.6 Å². The van der Waals surface area contributed by atoms with Crippen LogP contribution in [0, 0.1) is 6.92 Å². The van der Waals surface area contributed by atoms with E-state index >= 15 is 0 Å². The largest absolute Gasteiger partial charge is 0.497 e. The molecule has 132 valence electrons. The molecule has 2 aromatic heterocycles. The number of nitrogens with zero attached hydrogens (tertiary/aromatic N) is 3. The monoisotopic (exact) mass is 348 g/mol. The van der Waals surface area contributed by atoms with E-state index < -0.39 is 0 Å². The number of benzene rings is 2. The molecule has 0 aliphatic rings. The summed E-state index contributed by atoms with van der Waals surface area (Å²) >= 11 is 0. The molecule has 0 fully saturated rings. The van der Waals surface area contributed by atoms with Gasteiger partial charge in [0.25, 0.3) is 0 Å². The van der Waals surface area contributed by atoms with Crippen molar-refractivity contribution in [3.63, 3.8) is 0 Å². The molecule has 1 atom stereocenters. The van der Waals surface area contributed by atoms with Gasteiger partial charge in [0, 0.05) is 11.5 Å². The predicted octanol–water partition coefficient (Wildman–Crippen LogP) is 3.35. The third-order valence-electron chi connectivity index (χ3n) is 4.42. The maximum absolute atomic E-state index is 9.95. The number of rotatable bonds is 5. The van der Waals surface area contributed by atoms with Crippen molar-refractivity contribution in [3.8, 4) is 5.75 Å². The van der Waals surface area contributed by atoms with Gasteiger partial charge in [-0.25, -0.2) is 9.50 Å². The molecule has 0 bridgehead atoms. The van der Waals surface area contributed by atoms with Crippen molar-refractivity contribution >= 4 is 22.4 Å². The molecule has 0 saturated heterocycles. The van der Waals surface area contributed by atoms with Crippen molar-refractivity contribution in [2.24, 2.45) is 0 Å². The van der Waals surface area contributed by atoms with Crippen LogP contribution < -0.4 is 10.1 Å². The fraction of sp³-hybridized carbons (Fsp3) is 0.200. The van der Waals surface area contributed by atoms with Crippen molar-refractivity contribution in [3.05, 3.63) is 65.9 Å². The van der Waals surface area contributed by atoms with E-state index in [2.05, 4.69) is 10.4 Å². The molecule has 1 unspecified atom stereocenters. The second kappa shape index (κ2) is 6.65. The van der Waals surface area contributed by atoms with Crippen LogP contribution in [0.5, 0.6) is 5.75 Å². The van der Waals surface area contributed by atoms with Crippen LogP contribution in [0.4, 0.5) is 5.82 Å². The Morgan fingerprint density at radius 3 is 2.81 bits per heavy atom. The second-order valence-corrected chi connectivity index (χ2v) is 6.19. The Bertz CT molecular complexity index is 1070. The Kier molecular flexibility index (Phi) is 4.18. The van der Waals surface area contributed by atoms with Gasteiger partial charge in [0.15, 0.2) is 5.65 Å². The van der Waals surface area contributed by atoms with Gasteiger partial charge in [0.2, 0.25) is 0 Å². The van der Waals surface area contributed by atoms with Gasteiger partial charge in [-0.2, -0.15) is 5.10 Å². The fourth-order valence-corrected chi connectivity index (χ4v) is 3.14. The third-order valence-corrected chi connectivity index (χ3v) is 4.42.